The van der Waals surface area contributed by atoms with E-state index in [-0.39, 0.29) is 18.3 Å². The highest BCUT2D eigenvalue weighted by atomic mass is 16.5. The van der Waals surface area contributed by atoms with Gasteiger partial charge in [0.1, 0.15) is 12.4 Å². The van der Waals surface area contributed by atoms with E-state index in [9.17, 15) is 9.90 Å². The Morgan fingerprint density at radius 1 is 1.44 bits per heavy atom. The van der Waals surface area contributed by atoms with Gasteiger partial charge in [0, 0.05) is 24.9 Å². The number of rotatable bonds is 5. The van der Waals surface area contributed by atoms with Gasteiger partial charge in [-0.3, -0.25) is 4.79 Å². The van der Waals surface area contributed by atoms with E-state index in [0.29, 0.717) is 18.8 Å². The third-order valence-electron chi connectivity index (χ3n) is 2.19. The van der Waals surface area contributed by atoms with Crippen LogP contribution in [0, 0.1) is 0 Å². The quantitative estimate of drug-likeness (QED) is 0.827. The zero-order valence-corrected chi connectivity index (χ0v) is 9.64. The third kappa shape index (κ3) is 3.24. The van der Waals surface area contributed by atoms with Crippen LogP contribution in [0.5, 0.6) is 5.75 Å². The normalized spacial score (nSPS) is 10.1. The van der Waals surface area contributed by atoms with E-state index in [2.05, 4.69) is 0 Å². The van der Waals surface area contributed by atoms with Crippen molar-refractivity contribution in [3.63, 3.8) is 0 Å². The fourth-order valence-corrected chi connectivity index (χ4v) is 1.43. The zero-order valence-electron chi connectivity index (χ0n) is 9.64. The maximum absolute atomic E-state index is 11.8. The van der Waals surface area contributed by atoms with E-state index < -0.39 is 0 Å². The topological polar surface area (TPSA) is 49.8 Å². The molecule has 0 aliphatic rings. The molecule has 0 fully saturated rings. The molecule has 1 N–H and O–H groups in total. The second-order valence-corrected chi connectivity index (χ2v) is 3.29. The number of hydrogen-bond acceptors (Lipinski definition) is 3. The van der Waals surface area contributed by atoms with Crippen molar-refractivity contribution >= 4 is 11.6 Å². The Labute approximate surface area is 95.5 Å². The lowest BCUT2D eigenvalue weighted by atomic mass is 10.2. The standard InChI is InChI=1S/C12H17NO3/c1-3-13(12(15)9-16-4-2)10-6-5-7-11(14)8-10/h5-8,14H,3-4,9H2,1-2H3. The number of hydrogen-bond donors (Lipinski definition) is 1. The minimum Gasteiger partial charge on any atom is -0.508 e. The fraction of sp³-hybridized carbons (Fsp3) is 0.417. The van der Waals surface area contributed by atoms with E-state index in [1.807, 2.05) is 13.8 Å². The molecule has 0 radical (unpaired) electrons. The summed E-state index contributed by atoms with van der Waals surface area (Å²) >= 11 is 0. The van der Waals surface area contributed by atoms with Crippen LogP contribution in [0.4, 0.5) is 5.69 Å². The largest absolute Gasteiger partial charge is 0.508 e. The maximum Gasteiger partial charge on any atom is 0.252 e. The molecule has 4 heteroatoms. The van der Waals surface area contributed by atoms with Crippen LogP contribution in [0.15, 0.2) is 24.3 Å². The first-order valence-corrected chi connectivity index (χ1v) is 5.36. The third-order valence-corrected chi connectivity index (χ3v) is 2.19. The van der Waals surface area contributed by atoms with E-state index >= 15 is 0 Å². The first-order chi connectivity index (χ1) is 7.69. The summed E-state index contributed by atoms with van der Waals surface area (Å²) in [5.74, 6) is 0.0510. The molecule has 0 bridgehead atoms. The van der Waals surface area contributed by atoms with Gasteiger partial charge in [-0.1, -0.05) is 6.07 Å². The predicted octanol–water partition coefficient (Wildman–Crippen LogP) is 1.78. The van der Waals surface area contributed by atoms with E-state index in [1.165, 1.54) is 0 Å². The predicted molar refractivity (Wildman–Crippen MR) is 62.6 cm³/mol. The lowest BCUT2D eigenvalue weighted by Crippen LogP contribution is -2.33. The summed E-state index contributed by atoms with van der Waals surface area (Å²) in [5.41, 5.74) is 0.687. The van der Waals surface area contributed by atoms with Crippen LogP contribution < -0.4 is 4.90 Å². The van der Waals surface area contributed by atoms with Gasteiger partial charge in [0.2, 0.25) is 0 Å². The second-order valence-electron chi connectivity index (χ2n) is 3.29. The first kappa shape index (κ1) is 12.5. The molecule has 0 atom stereocenters. The molecule has 88 valence electrons. The molecule has 1 amide bonds. The molecule has 0 aliphatic heterocycles. The van der Waals surface area contributed by atoms with Gasteiger partial charge < -0.3 is 14.7 Å². The van der Waals surface area contributed by atoms with Gasteiger partial charge in [-0.25, -0.2) is 0 Å². The summed E-state index contributed by atoms with van der Waals surface area (Å²) in [7, 11) is 0. The summed E-state index contributed by atoms with van der Waals surface area (Å²) in [4.78, 5) is 13.3. The first-order valence-electron chi connectivity index (χ1n) is 5.36. The molecular formula is C12H17NO3. The highest BCUT2D eigenvalue weighted by Gasteiger charge is 2.13. The summed E-state index contributed by atoms with van der Waals surface area (Å²) in [5, 5.41) is 9.35. The van der Waals surface area contributed by atoms with Crippen LogP contribution in [-0.4, -0.2) is 30.8 Å². The van der Waals surface area contributed by atoms with Crippen LogP contribution in [-0.2, 0) is 9.53 Å². The van der Waals surface area contributed by atoms with Crippen LogP contribution >= 0.6 is 0 Å². The number of anilines is 1. The number of benzene rings is 1. The molecule has 0 heterocycles. The molecular weight excluding hydrogens is 206 g/mol. The molecule has 0 spiro atoms. The average Bonchev–Trinajstić information content (AvgIpc) is 2.27. The van der Waals surface area contributed by atoms with Gasteiger partial charge in [0.15, 0.2) is 0 Å². The molecule has 0 saturated carbocycles. The number of ether oxygens (including phenoxy) is 1. The molecule has 0 aromatic heterocycles. The molecule has 0 aliphatic carbocycles. The SMILES string of the molecule is CCOCC(=O)N(CC)c1cccc(O)c1. The summed E-state index contributed by atoms with van der Waals surface area (Å²) in [6.07, 6.45) is 0. The number of amides is 1. The average molecular weight is 223 g/mol. The van der Waals surface area contributed by atoms with Crippen molar-refractivity contribution in [2.24, 2.45) is 0 Å². The summed E-state index contributed by atoms with van der Waals surface area (Å²) in [6, 6.07) is 6.63. The van der Waals surface area contributed by atoms with Crippen molar-refractivity contribution in [1.82, 2.24) is 0 Å². The highest BCUT2D eigenvalue weighted by molar-refractivity contribution is 5.94. The van der Waals surface area contributed by atoms with Gasteiger partial charge in [-0.2, -0.15) is 0 Å². The molecule has 1 rings (SSSR count). The van der Waals surface area contributed by atoms with Crippen LogP contribution in [0.3, 0.4) is 0 Å². The number of likely N-dealkylation sites (N-methyl/N-ethyl adjacent to an activating group) is 1. The number of phenolic OH excluding ortho intramolecular Hbond substituents is 1. The summed E-state index contributed by atoms with van der Waals surface area (Å²) in [6.45, 7) is 4.87. The Morgan fingerprint density at radius 2 is 2.19 bits per heavy atom. The second kappa shape index (κ2) is 6.12. The number of phenols is 1. The van der Waals surface area contributed by atoms with Gasteiger partial charge in [0.05, 0.1) is 0 Å². The van der Waals surface area contributed by atoms with Gasteiger partial charge in [0.25, 0.3) is 5.91 Å². The van der Waals surface area contributed by atoms with Gasteiger partial charge in [-0.15, -0.1) is 0 Å². The van der Waals surface area contributed by atoms with Crippen molar-refractivity contribution in [2.45, 2.75) is 13.8 Å². The molecule has 0 unspecified atom stereocenters. The maximum atomic E-state index is 11.8. The Hall–Kier alpha value is -1.55. The molecule has 0 saturated heterocycles. The van der Waals surface area contributed by atoms with Crippen molar-refractivity contribution in [2.75, 3.05) is 24.7 Å². The lowest BCUT2D eigenvalue weighted by Gasteiger charge is -2.20. The smallest absolute Gasteiger partial charge is 0.252 e. The Bertz CT molecular complexity index is 352. The van der Waals surface area contributed by atoms with E-state index in [4.69, 9.17) is 4.74 Å². The van der Waals surface area contributed by atoms with Gasteiger partial charge >= 0.3 is 0 Å². The van der Waals surface area contributed by atoms with Crippen molar-refractivity contribution in [1.29, 1.82) is 0 Å². The van der Waals surface area contributed by atoms with Crippen molar-refractivity contribution in [3.05, 3.63) is 24.3 Å². The number of carbonyl (C=O) groups is 1. The van der Waals surface area contributed by atoms with Crippen LogP contribution in [0.25, 0.3) is 0 Å². The zero-order chi connectivity index (χ0) is 12.0. The lowest BCUT2D eigenvalue weighted by molar-refractivity contribution is -0.122. The Balaban J connectivity index is 2.77. The molecule has 1 aromatic carbocycles. The van der Waals surface area contributed by atoms with Crippen molar-refractivity contribution < 1.29 is 14.6 Å². The Morgan fingerprint density at radius 3 is 2.75 bits per heavy atom. The van der Waals surface area contributed by atoms with E-state index in [0.717, 1.165) is 0 Å². The van der Waals surface area contributed by atoms with E-state index in [1.54, 1.807) is 29.2 Å². The van der Waals surface area contributed by atoms with Crippen LogP contribution in [0.1, 0.15) is 13.8 Å². The van der Waals surface area contributed by atoms with Gasteiger partial charge in [-0.05, 0) is 26.0 Å². The molecule has 4 nitrogen and oxygen atoms in total. The minimum atomic E-state index is -0.102. The molecule has 1 aromatic rings. The minimum absolute atomic E-state index is 0.0694. The molecule has 16 heavy (non-hydrogen) atoms. The fourth-order valence-electron chi connectivity index (χ4n) is 1.43. The number of nitrogens with zero attached hydrogens (tertiary/aromatic N) is 1. The van der Waals surface area contributed by atoms with Crippen LogP contribution in [0.2, 0.25) is 0 Å². The summed E-state index contributed by atoms with van der Waals surface area (Å²) < 4.78 is 5.08. The number of aromatic hydroxyl groups is 1. The monoisotopic (exact) mass is 223 g/mol. The van der Waals surface area contributed by atoms with Crippen molar-refractivity contribution in [3.8, 4) is 5.75 Å². The Kier molecular flexibility index (Phi) is 4.79. The highest BCUT2D eigenvalue weighted by Crippen LogP contribution is 2.19. The number of carbonyl (C=O) groups excluding carboxylic acids is 1.